The number of non-ortho nitro benzene ring substituents is 1. The number of nitro groups is 1. The van der Waals surface area contributed by atoms with Crippen LogP contribution >= 0.6 is 0 Å². The van der Waals surface area contributed by atoms with Gasteiger partial charge in [-0.2, -0.15) is 13.2 Å². The molecular weight excluding hydrogens is 349 g/mol. The van der Waals surface area contributed by atoms with Gasteiger partial charge in [0.15, 0.2) is 0 Å². The Morgan fingerprint density at radius 1 is 1.27 bits per heavy atom. The first kappa shape index (κ1) is 21.4. The number of benzene rings is 1. The molecule has 1 aromatic carbocycles. The van der Waals surface area contributed by atoms with Crippen molar-refractivity contribution in [3.8, 4) is 0 Å². The predicted octanol–water partition coefficient (Wildman–Crippen LogP) is 5.27. The van der Waals surface area contributed by atoms with Gasteiger partial charge in [0.05, 0.1) is 16.2 Å². The highest BCUT2D eigenvalue weighted by Gasteiger charge is 2.33. The van der Waals surface area contributed by atoms with Crippen molar-refractivity contribution < 1.29 is 22.9 Å². The molecule has 1 amide bonds. The molecule has 0 spiro atoms. The first-order valence-electron chi connectivity index (χ1n) is 8.16. The SMILES string of the molecule is CC.CN(C(=O)CC1=CC=CCC1)c1cc([N+](=O)[O-])cc(C(F)(F)F)c1. The van der Waals surface area contributed by atoms with Crippen molar-refractivity contribution in [2.24, 2.45) is 0 Å². The number of alkyl halides is 3. The normalized spacial score (nSPS) is 13.4. The number of nitrogens with zero attached hydrogens (tertiary/aromatic N) is 2. The van der Waals surface area contributed by atoms with Gasteiger partial charge in [0.25, 0.3) is 5.69 Å². The van der Waals surface area contributed by atoms with Crippen LogP contribution in [0.25, 0.3) is 0 Å². The fourth-order valence-electron chi connectivity index (χ4n) is 2.31. The molecule has 2 rings (SSSR count). The lowest BCUT2D eigenvalue weighted by molar-refractivity contribution is -0.385. The minimum absolute atomic E-state index is 0.0604. The van der Waals surface area contributed by atoms with E-state index < -0.39 is 28.3 Å². The van der Waals surface area contributed by atoms with Crippen LogP contribution < -0.4 is 4.90 Å². The Balaban J connectivity index is 0.00000163. The maximum absolute atomic E-state index is 12.9. The van der Waals surface area contributed by atoms with Gasteiger partial charge in [-0.25, -0.2) is 0 Å². The van der Waals surface area contributed by atoms with Crippen molar-refractivity contribution in [2.45, 2.75) is 39.3 Å². The maximum atomic E-state index is 12.9. The molecule has 0 N–H and O–H groups in total. The van der Waals surface area contributed by atoms with Crippen molar-refractivity contribution in [3.05, 3.63) is 57.7 Å². The molecule has 142 valence electrons. The molecule has 26 heavy (non-hydrogen) atoms. The van der Waals surface area contributed by atoms with Gasteiger partial charge in [0, 0.05) is 25.6 Å². The van der Waals surface area contributed by atoms with E-state index in [0.717, 1.165) is 29.0 Å². The van der Waals surface area contributed by atoms with Gasteiger partial charge in [0.1, 0.15) is 0 Å². The predicted molar refractivity (Wildman–Crippen MR) is 93.9 cm³/mol. The van der Waals surface area contributed by atoms with Crippen LogP contribution in [0, 0.1) is 10.1 Å². The monoisotopic (exact) mass is 370 g/mol. The van der Waals surface area contributed by atoms with E-state index in [0.29, 0.717) is 12.5 Å². The Morgan fingerprint density at radius 3 is 2.42 bits per heavy atom. The summed E-state index contributed by atoms with van der Waals surface area (Å²) >= 11 is 0. The zero-order valence-electron chi connectivity index (χ0n) is 14.8. The van der Waals surface area contributed by atoms with E-state index in [2.05, 4.69) is 0 Å². The molecule has 0 heterocycles. The molecule has 8 heteroatoms. The zero-order chi connectivity index (χ0) is 19.9. The Hall–Kier alpha value is -2.64. The average Bonchev–Trinajstić information content (AvgIpc) is 2.62. The largest absolute Gasteiger partial charge is 0.416 e. The molecule has 0 aromatic heterocycles. The minimum atomic E-state index is -4.73. The molecule has 0 fully saturated rings. The highest BCUT2D eigenvalue weighted by atomic mass is 19.4. The van der Waals surface area contributed by atoms with E-state index in [1.165, 1.54) is 7.05 Å². The number of rotatable bonds is 4. The lowest BCUT2D eigenvalue weighted by Crippen LogP contribution is -2.27. The molecule has 0 atom stereocenters. The third-order valence-electron chi connectivity index (χ3n) is 3.68. The minimum Gasteiger partial charge on any atom is -0.315 e. The van der Waals surface area contributed by atoms with Crippen LogP contribution in [-0.2, 0) is 11.0 Å². The summed E-state index contributed by atoms with van der Waals surface area (Å²) in [6, 6.07) is 2.15. The zero-order valence-corrected chi connectivity index (χ0v) is 14.8. The number of allylic oxidation sites excluding steroid dienone is 3. The van der Waals surface area contributed by atoms with Crippen LogP contribution in [-0.4, -0.2) is 17.9 Å². The number of halogens is 3. The Morgan fingerprint density at radius 2 is 1.92 bits per heavy atom. The van der Waals surface area contributed by atoms with Gasteiger partial charge in [-0.3, -0.25) is 14.9 Å². The number of hydrogen-bond donors (Lipinski definition) is 0. The fraction of sp³-hybridized carbons (Fsp3) is 0.389. The summed E-state index contributed by atoms with van der Waals surface area (Å²) in [6.07, 6.45) is 2.40. The second-order valence-corrected chi connectivity index (χ2v) is 5.41. The van der Waals surface area contributed by atoms with Gasteiger partial charge in [0.2, 0.25) is 5.91 Å². The number of carbonyl (C=O) groups is 1. The van der Waals surface area contributed by atoms with Gasteiger partial charge in [-0.15, -0.1) is 0 Å². The molecule has 1 aliphatic carbocycles. The Labute approximate surface area is 150 Å². The van der Waals surface area contributed by atoms with Crippen LogP contribution in [0.1, 0.15) is 38.7 Å². The number of nitro benzene ring substituents is 1. The van der Waals surface area contributed by atoms with Gasteiger partial charge in [-0.1, -0.05) is 37.6 Å². The second-order valence-electron chi connectivity index (χ2n) is 5.41. The Bertz CT molecular complexity index is 725. The number of hydrogen-bond acceptors (Lipinski definition) is 3. The van der Waals surface area contributed by atoms with Crippen molar-refractivity contribution >= 4 is 17.3 Å². The van der Waals surface area contributed by atoms with Gasteiger partial charge < -0.3 is 4.90 Å². The molecule has 0 saturated carbocycles. The molecule has 0 unspecified atom stereocenters. The third kappa shape index (κ3) is 5.72. The third-order valence-corrected chi connectivity index (χ3v) is 3.68. The van der Waals surface area contributed by atoms with Crippen LogP contribution in [0.4, 0.5) is 24.5 Å². The maximum Gasteiger partial charge on any atom is 0.416 e. The first-order chi connectivity index (χ1) is 12.2. The molecule has 1 aromatic rings. The molecule has 0 radical (unpaired) electrons. The van der Waals surface area contributed by atoms with E-state index in [4.69, 9.17) is 0 Å². The summed E-state index contributed by atoms with van der Waals surface area (Å²) in [5, 5.41) is 10.9. The topological polar surface area (TPSA) is 63.5 Å². The van der Waals surface area contributed by atoms with E-state index >= 15 is 0 Å². The van der Waals surface area contributed by atoms with E-state index in [1.807, 2.05) is 26.0 Å². The summed E-state index contributed by atoms with van der Waals surface area (Å²) in [5.41, 5.74) is -1.16. The van der Waals surface area contributed by atoms with Crippen molar-refractivity contribution in [1.82, 2.24) is 0 Å². The van der Waals surface area contributed by atoms with Crippen molar-refractivity contribution in [2.75, 3.05) is 11.9 Å². The smallest absolute Gasteiger partial charge is 0.315 e. The second kappa shape index (κ2) is 9.17. The Kier molecular flexibility index (Phi) is 7.55. The summed E-state index contributed by atoms with van der Waals surface area (Å²) in [5.74, 6) is -0.426. The van der Waals surface area contributed by atoms with Crippen LogP contribution in [0.3, 0.4) is 0 Å². The molecule has 1 aliphatic rings. The van der Waals surface area contributed by atoms with Crippen molar-refractivity contribution in [1.29, 1.82) is 0 Å². The van der Waals surface area contributed by atoms with Crippen LogP contribution in [0.5, 0.6) is 0 Å². The van der Waals surface area contributed by atoms with Crippen molar-refractivity contribution in [3.63, 3.8) is 0 Å². The van der Waals surface area contributed by atoms with Gasteiger partial charge in [-0.05, 0) is 18.9 Å². The number of anilines is 1. The molecule has 5 nitrogen and oxygen atoms in total. The van der Waals surface area contributed by atoms with E-state index in [-0.39, 0.29) is 12.1 Å². The average molecular weight is 370 g/mol. The lowest BCUT2D eigenvalue weighted by Gasteiger charge is -2.20. The summed E-state index contributed by atoms with van der Waals surface area (Å²) in [7, 11) is 1.31. The molecule has 0 aliphatic heterocycles. The highest BCUT2D eigenvalue weighted by Crippen LogP contribution is 2.35. The quantitative estimate of drug-likeness (QED) is 0.536. The van der Waals surface area contributed by atoms with E-state index in [1.54, 1.807) is 6.08 Å². The molecule has 0 saturated heterocycles. The molecular formula is C18H21F3N2O3. The summed E-state index contributed by atoms with van der Waals surface area (Å²) in [4.78, 5) is 23.2. The summed E-state index contributed by atoms with van der Waals surface area (Å²) < 4.78 is 38.7. The number of amides is 1. The molecule has 0 bridgehead atoms. The van der Waals surface area contributed by atoms with Crippen LogP contribution in [0.2, 0.25) is 0 Å². The first-order valence-corrected chi connectivity index (χ1v) is 8.16. The van der Waals surface area contributed by atoms with E-state index in [9.17, 15) is 28.1 Å². The van der Waals surface area contributed by atoms with Gasteiger partial charge >= 0.3 is 6.18 Å². The van der Waals surface area contributed by atoms with Crippen LogP contribution in [0.15, 0.2) is 42.0 Å². The lowest BCUT2D eigenvalue weighted by atomic mass is 10.0. The highest BCUT2D eigenvalue weighted by molar-refractivity contribution is 5.94. The number of carbonyl (C=O) groups excluding carboxylic acids is 1. The fourth-order valence-corrected chi connectivity index (χ4v) is 2.31. The summed E-state index contributed by atoms with van der Waals surface area (Å²) in [6.45, 7) is 4.00. The standard InChI is InChI=1S/C16H15F3N2O3.C2H6/c1-20(15(22)7-11-5-3-2-4-6-11)13-8-12(16(17,18)19)9-14(10-13)21(23)24;1-2/h2-3,5,8-10H,4,6-7H2,1H3;1-2H3.